The molecule has 0 radical (unpaired) electrons. The lowest BCUT2D eigenvalue weighted by Gasteiger charge is -2.22. The first-order chi connectivity index (χ1) is 12.2. The van der Waals surface area contributed by atoms with E-state index < -0.39 is 34.3 Å². The van der Waals surface area contributed by atoms with Crippen molar-refractivity contribution < 1.29 is 27.1 Å². The van der Waals surface area contributed by atoms with Crippen molar-refractivity contribution in [3.8, 4) is 0 Å². The van der Waals surface area contributed by atoms with E-state index in [4.69, 9.17) is 0 Å². The average Bonchev–Trinajstić information content (AvgIpc) is 2.59. The van der Waals surface area contributed by atoms with Crippen LogP contribution in [0.15, 0.2) is 48.5 Å². The predicted molar refractivity (Wildman–Crippen MR) is 95.0 cm³/mol. The highest BCUT2D eigenvalue weighted by molar-refractivity contribution is 7.92. The summed E-state index contributed by atoms with van der Waals surface area (Å²) in [6.07, 6.45) is 0.937. The van der Waals surface area contributed by atoms with Crippen molar-refractivity contribution >= 4 is 33.3 Å². The Morgan fingerprint density at radius 2 is 1.73 bits per heavy atom. The number of para-hydroxylation sites is 1. The van der Waals surface area contributed by atoms with Gasteiger partial charge in [-0.05, 0) is 36.4 Å². The number of methoxy groups -OCH3 is 1. The summed E-state index contributed by atoms with van der Waals surface area (Å²) in [6.45, 7) is -0.542. The number of rotatable bonds is 6. The van der Waals surface area contributed by atoms with E-state index in [1.165, 1.54) is 31.4 Å². The Balaban J connectivity index is 2.24. The smallest absolute Gasteiger partial charge is 0.339 e. The first kappa shape index (κ1) is 19.4. The maximum absolute atomic E-state index is 13.1. The minimum absolute atomic E-state index is 0.135. The van der Waals surface area contributed by atoms with E-state index in [0.29, 0.717) is 0 Å². The van der Waals surface area contributed by atoms with Gasteiger partial charge in [0.15, 0.2) is 0 Å². The molecule has 0 aliphatic rings. The molecule has 9 heteroatoms. The van der Waals surface area contributed by atoms with Gasteiger partial charge in [0.25, 0.3) is 0 Å². The minimum atomic E-state index is -3.79. The quantitative estimate of drug-likeness (QED) is 0.774. The van der Waals surface area contributed by atoms with Gasteiger partial charge < -0.3 is 10.1 Å². The second-order valence-electron chi connectivity index (χ2n) is 5.33. The first-order valence-electron chi connectivity index (χ1n) is 7.43. The van der Waals surface area contributed by atoms with Crippen molar-refractivity contribution in [3.63, 3.8) is 0 Å². The van der Waals surface area contributed by atoms with Crippen LogP contribution >= 0.6 is 0 Å². The van der Waals surface area contributed by atoms with Gasteiger partial charge in [0.05, 0.1) is 30.3 Å². The number of ether oxygens (including phenoxy) is 1. The Bertz CT molecular complexity index is 913. The monoisotopic (exact) mass is 380 g/mol. The SMILES string of the molecule is COC(=O)c1ccccc1NC(=O)CN(c1ccc(F)cc1)S(C)(=O)=O. The molecule has 0 spiro atoms. The second kappa shape index (κ2) is 7.96. The molecule has 138 valence electrons. The molecule has 0 heterocycles. The normalized spacial score (nSPS) is 10.9. The molecule has 0 unspecified atom stereocenters. The molecular formula is C17H17FN2O5S. The summed E-state index contributed by atoms with van der Waals surface area (Å²) in [7, 11) is -2.58. The minimum Gasteiger partial charge on any atom is -0.465 e. The summed E-state index contributed by atoms with van der Waals surface area (Å²) < 4.78 is 42.5. The molecule has 2 aromatic rings. The topological polar surface area (TPSA) is 92.8 Å². The number of amides is 1. The number of carbonyl (C=O) groups is 2. The van der Waals surface area contributed by atoms with Gasteiger partial charge in [-0.2, -0.15) is 0 Å². The van der Waals surface area contributed by atoms with Crippen molar-refractivity contribution in [1.82, 2.24) is 0 Å². The Morgan fingerprint density at radius 1 is 1.12 bits per heavy atom. The molecule has 0 aliphatic carbocycles. The average molecular weight is 380 g/mol. The van der Waals surface area contributed by atoms with E-state index in [2.05, 4.69) is 10.1 Å². The standard InChI is InChI=1S/C17H17FN2O5S/c1-25-17(22)14-5-3-4-6-15(14)19-16(21)11-20(26(2,23)24)13-9-7-12(18)8-10-13/h3-10H,11H2,1-2H3,(H,19,21). The number of sulfonamides is 1. The van der Waals surface area contributed by atoms with Crippen LogP contribution in [0.25, 0.3) is 0 Å². The molecular weight excluding hydrogens is 363 g/mol. The maximum atomic E-state index is 13.1. The van der Waals surface area contributed by atoms with Crippen molar-refractivity contribution in [1.29, 1.82) is 0 Å². The van der Waals surface area contributed by atoms with Crippen LogP contribution in [0.4, 0.5) is 15.8 Å². The third-order valence-electron chi connectivity index (χ3n) is 3.41. The van der Waals surface area contributed by atoms with Gasteiger partial charge in [0, 0.05) is 0 Å². The summed E-state index contributed by atoms with van der Waals surface area (Å²) in [6, 6.07) is 10.9. The fraction of sp³-hybridized carbons (Fsp3) is 0.176. The molecule has 0 saturated carbocycles. The van der Waals surface area contributed by atoms with Crippen LogP contribution in [0.2, 0.25) is 0 Å². The van der Waals surface area contributed by atoms with Crippen LogP contribution in [0.1, 0.15) is 10.4 Å². The van der Waals surface area contributed by atoms with Crippen LogP contribution < -0.4 is 9.62 Å². The summed E-state index contributed by atoms with van der Waals surface area (Å²) in [5, 5.41) is 2.49. The van der Waals surface area contributed by atoms with E-state index in [-0.39, 0.29) is 16.9 Å². The van der Waals surface area contributed by atoms with Crippen LogP contribution in [-0.2, 0) is 19.6 Å². The zero-order valence-corrected chi connectivity index (χ0v) is 14.9. The largest absolute Gasteiger partial charge is 0.465 e. The molecule has 26 heavy (non-hydrogen) atoms. The zero-order chi connectivity index (χ0) is 19.3. The van der Waals surface area contributed by atoms with Gasteiger partial charge in [0.1, 0.15) is 12.4 Å². The molecule has 2 rings (SSSR count). The molecule has 0 bridgehead atoms. The van der Waals surface area contributed by atoms with Gasteiger partial charge in [-0.3, -0.25) is 9.10 Å². The second-order valence-corrected chi connectivity index (χ2v) is 7.24. The first-order valence-corrected chi connectivity index (χ1v) is 9.27. The predicted octanol–water partition coefficient (Wildman–Crippen LogP) is 2.02. The Morgan fingerprint density at radius 3 is 2.31 bits per heavy atom. The van der Waals surface area contributed by atoms with Crippen LogP contribution in [-0.4, -0.2) is 40.2 Å². The summed E-state index contributed by atoms with van der Waals surface area (Å²) in [5.74, 6) is -1.84. The van der Waals surface area contributed by atoms with Crippen molar-refractivity contribution in [2.24, 2.45) is 0 Å². The fourth-order valence-electron chi connectivity index (χ4n) is 2.21. The van der Waals surface area contributed by atoms with E-state index in [1.807, 2.05) is 0 Å². The lowest BCUT2D eigenvalue weighted by atomic mass is 10.2. The van der Waals surface area contributed by atoms with Gasteiger partial charge in [0.2, 0.25) is 15.9 Å². The van der Waals surface area contributed by atoms with Crippen molar-refractivity contribution in [2.45, 2.75) is 0 Å². The van der Waals surface area contributed by atoms with E-state index in [1.54, 1.807) is 12.1 Å². The van der Waals surface area contributed by atoms with E-state index >= 15 is 0 Å². The number of esters is 1. The fourth-order valence-corrected chi connectivity index (χ4v) is 3.06. The Kier molecular flexibility index (Phi) is 5.93. The molecule has 0 atom stereocenters. The third kappa shape index (κ3) is 4.79. The van der Waals surface area contributed by atoms with Gasteiger partial charge in [-0.25, -0.2) is 17.6 Å². The van der Waals surface area contributed by atoms with Gasteiger partial charge in [-0.15, -0.1) is 0 Å². The highest BCUT2D eigenvalue weighted by Gasteiger charge is 2.22. The maximum Gasteiger partial charge on any atom is 0.339 e. The van der Waals surface area contributed by atoms with Crippen LogP contribution in [0.5, 0.6) is 0 Å². The molecule has 2 aromatic carbocycles. The summed E-state index contributed by atoms with van der Waals surface area (Å²) >= 11 is 0. The van der Waals surface area contributed by atoms with Crippen molar-refractivity contribution in [3.05, 3.63) is 59.9 Å². The lowest BCUT2D eigenvalue weighted by Crippen LogP contribution is -2.37. The van der Waals surface area contributed by atoms with E-state index in [9.17, 15) is 22.4 Å². The number of carbonyl (C=O) groups excluding carboxylic acids is 2. The summed E-state index contributed by atoms with van der Waals surface area (Å²) in [4.78, 5) is 24.1. The van der Waals surface area contributed by atoms with Crippen LogP contribution in [0.3, 0.4) is 0 Å². The number of nitrogens with zero attached hydrogens (tertiary/aromatic N) is 1. The highest BCUT2D eigenvalue weighted by atomic mass is 32.2. The number of halogens is 1. The number of benzene rings is 2. The molecule has 0 aromatic heterocycles. The molecule has 7 nitrogen and oxygen atoms in total. The molecule has 1 amide bonds. The summed E-state index contributed by atoms with van der Waals surface area (Å²) in [5.41, 5.74) is 0.471. The van der Waals surface area contributed by atoms with E-state index in [0.717, 1.165) is 22.7 Å². The van der Waals surface area contributed by atoms with Gasteiger partial charge in [-0.1, -0.05) is 12.1 Å². The highest BCUT2D eigenvalue weighted by Crippen LogP contribution is 2.19. The molecule has 1 N–H and O–H groups in total. The number of anilines is 2. The molecule has 0 aliphatic heterocycles. The lowest BCUT2D eigenvalue weighted by molar-refractivity contribution is -0.114. The third-order valence-corrected chi connectivity index (χ3v) is 4.55. The number of hydrogen-bond acceptors (Lipinski definition) is 5. The Hall–Kier alpha value is -2.94. The number of hydrogen-bond donors (Lipinski definition) is 1. The number of nitrogens with one attached hydrogen (secondary N) is 1. The molecule has 0 saturated heterocycles. The van der Waals surface area contributed by atoms with Crippen LogP contribution in [0, 0.1) is 5.82 Å². The zero-order valence-electron chi connectivity index (χ0n) is 14.1. The van der Waals surface area contributed by atoms with Crippen molar-refractivity contribution in [2.75, 3.05) is 29.5 Å². The van der Waals surface area contributed by atoms with Gasteiger partial charge >= 0.3 is 5.97 Å². The molecule has 0 fully saturated rings. The Labute approximate surface area is 150 Å².